The van der Waals surface area contributed by atoms with Crippen LogP contribution in [0.4, 0.5) is 5.82 Å². The average molecular weight is 471 g/mol. The van der Waals surface area contributed by atoms with Crippen LogP contribution in [0.2, 0.25) is 5.02 Å². The van der Waals surface area contributed by atoms with Crippen LogP contribution in [-0.2, 0) is 9.53 Å². The summed E-state index contributed by atoms with van der Waals surface area (Å²) < 4.78 is 10.8. The lowest BCUT2D eigenvalue weighted by atomic mass is 10.1. The van der Waals surface area contributed by atoms with E-state index >= 15 is 0 Å². The summed E-state index contributed by atoms with van der Waals surface area (Å²) in [5.74, 6) is -0.902. The first-order chi connectivity index (χ1) is 15.2. The summed E-state index contributed by atoms with van der Waals surface area (Å²) in [5.41, 5.74) is 2.45. The molecule has 164 valence electrons. The molecule has 1 amide bonds. The monoisotopic (exact) mass is 470 g/mol. The van der Waals surface area contributed by atoms with Crippen molar-refractivity contribution >= 4 is 51.7 Å². The van der Waals surface area contributed by atoms with Gasteiger partial charge in [0.25, 0.3) is 11.6 Å². The third kappa shape index (κ3) is 4.35. The highest BCUT2D eigenvalue weighted by Gasteiger charge is 2.25. The number of nitrogens with zero attached hydrogens (tertiary/aromatic N) is 3. The highest BCUT2D eigenvalue weighted by atomic mass is 35.5. The van der Waals surface area contributed by atoms with Crippen molar-refractivity contribution in [2.45, 2.75) is 33.8 Å². The Labute approximate surface area is 192 Å². The quantitative estimate of drug-likeness (QED) is 0.404. The van der Waals surface area contributed by atoms with Crippen molar-refractivity contribution in [1.82, 2.24) is 15.1 Å². The molecule has 4 heterocycles. The van der Waals surface area contributed by atoms with Crippen LogP contribution in [0.5, 0.6) is 0 Å². The molecule has 1 atom stereocenters. The molecule has 0 fully saturated rings. The van der Waals surface area contributed by atoms with Crippen molar-refractivity contribution in [1.29, 1.82) is 0 Å². The maximum atomic E-state index is 13.1. The number of carbonyl (C=O) groups excluding carboxylic acids is 2. The number of hydrogen-bond donors (Lipinski definition) is 1. The van der Waals surface area contributed by atoms with E-state index in [4.69, 9.17) is 20.9 Å². The van der Waals surface area contributed by atoms with Gasteiger partial charge >= 0.3 is 5.97 Å². The molecule has 0 aliphatic heterocycles. The first kappa shape index (κ1) is 21.9. The fraction of sp³-hybridized carbons (Fsp3) is 0.227. The van der Waals surface area contributed by atoms with Gasteiger partial charge in [0.05, 0.1) is 27.4 Å². The van der Waals surface area contributed by atoms with Crippen LogP contribution in [0.15, 0.2) is 35.0 Å². The molecule has 0 saturated carbocycles. The SMILES string of the molecule is Cc1cc(-c2cc(C(=O)OC(C)C(=O)Nc3ccc(Cl)cn3)c3c(C)noc3n2)c(C)s1. The van der Waals surface area contributed by atoms with Gasteiger partial charge in [0.2, 0.25) is 0 Å². The third-order valence-electron chi connectivity index (χ3n) is 4.79. The lowest BCUT2D eigenvalue weighted by Gasteiger charge is -2.14. The second kappa shape index (κ2) is 8.68. The van der Waals surface area contributed by atoms with Gasteiger partial charge in [-0.1, -0.05) is 16.8 Å². The summed E-state index contributed by atoms with van der Waals surface area (Å²) in [5, 5.41) is 7.42. The normalized spacial score (nSPS) is 12.0. The Morgan fingerprint density at radius 2 is 2.00 bits per heavy atom. The lowest BCUT2D eigenvalue weighted by molar-refractivity contribution is -0.123. The summed E-state index contributed by atoms with van der Waals surface area (Å²) in [7, 11) is 0. The van der Waals surface area contributed by atoms with Gasteiger partial charge in [0.15, 0.2) is 6.10 Å². The number of amides is 1. The number of anilines is 1. The van der Waals surface area contributed by atoms with Crippen LogP contribution in [-0.4, -0.2) is 33.1 Å². The van der Waals surface area contributed by atoms with Gasteiger partial charge in [0, 0.05) is 21.5 Å². The summed E-state index contributed by atoms with van der Waals surface area (Å²) in [4.78, 5) is 36.3. The van der Waals surface area contributed by atoms with Gasteiger partial charge in [-0.25, -0.2) is 14.8 Å². The van der Waals surface area contributed by atoms with E-state index in [1.54, 1.807) is 36.5 Å². The molecule has 0 aliphatic carbocycles. The molecule has 10 heteroatoms. The molecular weight excluding hydrogens is 452 g/mol. The number of pyridine rings is 2. The molecule has 4 rings (SSSR count). The van der Waals surface area contributed by atoms with E-state index in [1.165, 1.54) is 13.1 Å². The highest BCUT2D eigenvalue weighted by molar-refractivity contribution is 7.12. The molecule has 0 saturated heterocycles. The molecule has 1 N–H and O–H groups in total. The summed E-state index contributed by atoms with van der Waals surface area (Å²) in [6.45, 7) is 7.19. The van der Waals surface area contributed by atoms with Gasteiger partial charge in [-0.3, -0.25) is 4.79 Å². The molecule has 32 heavy (non-hydrogen) atoms. The van der Waals surface area contributed by atoms with Crippen molar-refractivity contribution in [3.8, 4) is 11.3 Å². The second-order valence-corrected chi connectivity index (χ2v) is 9.13. The number of fused-ring (bicyclic) bond motifs is 1. The van der Waals surface area contributed by atoms with E-state index in [1.807, 2.05) is 19.9 Å². The van der Waals surface area contributed by atoms with Crippen LogP contribution in [0, 0.1) is 20.8 Å². The first-order valence-corrected chi connectivity index (χ1v) is 10.9. The number of aryl methyl sites for hydroxylation is 3. The van der Waals surface area contributed by atoms with Gasteiger partial charge in [-0.15, -0.1) is 11.3 Å². The first-order valence-electron chi connectivity index (χ1n) is 9.70. The predicted molar refractivity (Wildman–Crippen MR) is 122 cm³/mol. The molecule has 0 spiro atoms. The molecule has 4 aromatic rings. The Morgan fingerprint density at radius 3 is 2.66 bits per heavy atom. The number of rotatable bonds is 5. The minimum absolute atomic E-state index is 0.233. The van der Waals surface area contributed by atoms with Crippen molar-refractivity contribution in [3.63, 3.8) is 0 Å². The molecule has 4 aromatic heterocycles. The number of ether oxygens (including phenoxy) is 1. The number of aromatic nitrogens is 3. The Morgan fingerprint density at radius 1 is 1.22 bits per heavy atom. The second-order valence-electron chi connectivity index (χ2n) is 7.23. The van der Waals surface area contributed by atoms with Crippen LogP contribution in [0.1, 0.15) is 32.7 Å². The molecule has 1 unspecified atom stereocenters. The average Bonchev–Trinajstić information content (AvgIpc) is 3.30. The number of hydrogen-bond acceptors (Lipinski definition) is 8. The van der Waals surface area contributed by atoms with Crippen LogP contribution in [0.25, 0.3) is 22.4 Å². The molecule has 0 aromatic carbocycles. The lowest BCUT2D eigenvalue weighted by Crippen LogP contribution is -2.30. The maximum Gasteiger partial charge on any atom is 0.339 e. The molecule has 0 radical (unpaired) electrons. The highest BCUT2D eigenvalue weighted by Crippen LogP contribution is 2.33. The van der Waals surface area contributed by atoms with E-state index in [0.29, 0.717) is 27.6 Å². The van der Waals surface area contributed by atoms with Crippen LogP contribution in [0.3, 0.4) is 0 Å². The Kier molecular flexibility index (Phi) is 5.94. The zero-order valence-corrected chi connectivity index (χ0v) is 19.3. The van der Waals surface area contributed by atoms with E-state index in [2.05, 4.69) is 20.4 Å². The van der Waals surface area contributed by atoms with Gasteiger partial charge < -0.3 is 14.6 Å². The topological polar surface area (TPSA) is 107 Å². The number of esters is 1. The minimum atomic E-state index is -1.07. The smallest absolute Gasteiger partial charge is 0.339 e. The van der Waals surface area contributed by atoms with Crippen molar-refractivity contribution in [2.75, 3.05) is 5.32 Å². The minimum Gasteiger partial charge on any atom is -0.449 e. The van der Waals surface area contributed by atoms with E-state index < -0.39 is 18.0 Å². The summed E-state index contributed by atoms with van der Waals surface area (Å²) in [6.07, 6.45) is 0.336. The maximum absolute atomic E-state index is 13.1. The number of carbonyl (C=O) groups is 2. The number of thiophene rings is 1. The fourth-order valence-electron chi connectivity index (χ4n) is 3.23. The number of nitrogens with one attached hydrogen (secondary N) is 1. The van der Waals surface area contributed by atoms with Gasteiger partial charge in [-0.05, 0) is 52.0 Å². The molecule has 0 aliphatic rings. The molecule has 8 nitrogen and oxygen atoms in total. The largest absolute Gasteiger partial charge is 0.449 e. The standard InChI is InChI=1S/C22H19ClN4O4S/c1-10-7-15(13(4)32-10)17-8-16(19-11(2)27-31-21(19)25-17)22(29)30-12(3)20(28)26-18-6-5-14(23)9-24-18/h5-9,12H,1-4H3,(H,24,26,28). The zero-order valence-electron chi connectivity index (χ0n) is 17.7. The van der Waals surface area contributed by atoms with E-state index in [9.17, 15) is 9.59 Å². The van der Waals surface area contributed by atoms with Crippen LogP contribution >= 0.6 is 22.9 Å². The van der Waals surface area contributed by atoms with Gasteiger partial charge in [-0.2, -0.15) is 0 Å². The Bertz CT molecular complexity index is 1330. The third-order valence-corrected chi connectivity index (χ3v) is 5.98. The fourth-order valence-corrected chi connectivity index (χ4v) is 4.28. The summed E-state index contributed by atoms with van der Waals surface area (Å²) >= 11 is 7.44. The Hall–Kier alpha value is -3.30. The Balaban J connectivity index is 1.62. The molecule has 0 bridgehead atoms. The van der Waals surface area contributed by atoms with E-state index in [0.717, 1.165) is 15.3 Å². The summed E-state index contributed by atoms with van der Waals surface area (Å²) in [6, 6.07) is 6.80. The predicted octanol–water partition coefficient (Wildman–Crippen LogP) is 5.11. The van der Waals surface area contributed by atoms with Crippen molar-refractivity contribution < 1.29 is 18.8 Å². The van der Waals surface area contributed by atoms with Crippen molar-refractivity contribution in [2.24, 2.45) is 0 Å². The van der Waals surface area contributed by atoms with E-state index in [-0.39, 0.29) is 11.3 Å². The zero-order chi connectivity index (χ0) is 23.0. The van der Waals surface area contributed by atoms with Crippen molar-refractivity contribution in [3.05, 3.63) is 56.5 Å². The van der Waals surface area contributed by atoms with Crippen LogP contribution < -0.4 is 5.32 Å². The number of halogens is 1. The van der Waals surface area contributed by atoms with Gasteiger partial charge in [0.1, 0.15) is 5.82 Å². The molecular formula is C22H19ClN4O4S.